The van der Waals surface area contributed by atoms with Crippen molar-refractivity contribution >= 4 is 12.0 Å². The number of esters is 1. The number of hydrogen-bond acceptors (Lipinski definition) is 3. The van der Waals surface area contributed by atoms with Crippen LogP contribution in [-0.4, -0.2) is 5.97 Å². The van der Waals surface area contributed by atoms with Crippen LogP contribution in [0.5, 0.6) is 5.75 Å². The summed E-state index contributed by atoms with van der Waals surface area (Å²) in [6.45, 7) is 0. The van der Waals surface area contributed by atoms with Crippen LogP contribution >= 0.6 is 0 Å². The molecule has 0 radical (unpaired) electrons. The summed E-state index contributed by atoms with van der Waals surface area (Å²) in [6, 6.07) is 22.3. The number of carbonyl (C=O) groups is 1. The molecule has 3 aromatic carbocycles. The molecule has 3 nitrogen and oxygen atoms in total. The van der Waals surface area contributed by atoms with Crippen molar-refractivity contribution in [3.8, 4) is 22.9 Å². The Morgan fingerprint density at radius 1 is 0.962 bits per heavy atom. The maximum Gasteiger partial charge on any atom is 0.336 e. The lowest BCUT2D eigenvalue weighted by molar-refractivity contribution is -0.128. The molecule has 126 valence electrons. The third-order valence-electron chi connectivity index (χ3n) is 3.68. The van der Waals surface area contributed by atoms with Crippen LogP contribution in [0.1, 0.15) is 11.1 Å². The smallest absolute Gasteiger partial charge is 0.336 e. The number of ether oxygens (including phenoxy) is 1. The third-order valence-corrected chi connectivity index (χ3v) is 3.68. The summed E-state index contributed by atoms with van der Waals surface area (Å²) in [6.07, 6.45) is 2.75. The maximum atomic E-state index is 13.1. The highest BCUT2D eigenvalue weighted by Crippen LogP contribution is 2.23. The van der Waals surface area contributed by atoms with Gasteiger partial charge in [-0.3, -0.25) is 0 Å². The molecule has 4 heteroatoms. The first-order chi connectivity index (χ1) is 12.6. The van der Waals surface area contributed by atoms with Gasteiger partial charge in [0.25, 0.3) is 0 Å². The summed E-state index contributed by atoms with van der Waals surface area (Å²) >= 11 is 0. The van der Waals surface area contributed by atoms with E-state index in [2.05, 4.69) is 6.07 Å². The highest BCUT2D eigenvalue weighted by atomic mass is 19.1. The van der Waals surface area contributed by atoms with Crippen molar-refractivity contribution in [3.63, 3.8) is 0 Å². The predicted octanol–water partition coefficient (Wildman–Crippen LogP) is 4.98. The van der Waals surface area contributed by atoms with Crippen LogP contribution in [0.2, 0.25) is 0 Å². The topological polar surface area (TPSA) is 50.1 Å². The van der Waals surface area contributed by atoms with Crippen LogP contribution in [0.15, 0.2) is 78.9 Å². The van der Waals surface area contributed by atoms with Crippen LogP contribution < -0.4 is 4.74 Å². The van der Waals surface area contributed by atoms with Crippen LogP contribution in [-0.2, 0) is 4.79 Å². The summed E-state index contributed by atoms with van der Waals surface area (Å²) in [4.78, 5) is 11.9. The predicted molar refractivity (Wildman–Crippen MR) is 97.7 cm³/mol. The van der Waals surface area contributed by atoms with Crippen LogP contribution in [0.3, 0.4) is 0 Å². The summed E-state index contributed by atoms with van der Waals surface area (Å²) < 4.78 is 18.3. The Labute approximate surface area is 150 Å². The molecule has 0 aliphatic rings. The number of rotatable bonds is 4. The SMILES string of the molecule is N#Cc1ccc(-c2ccc(OC(=O)/C=C/c3cccc(F)c3)cc2)cc1. The van der Waals surface area contributed by atoms with Crippen LogP contribution in [0.25, 0.3) is 17.2 Å². The van der Waals surface area contributed by atoms with Gasteiger partial charge in [0.1, 0.15) is 11.6 Å². The Bertz CT molecular complexity index is 984. The summed E-state index contributed by atoms with van der Waals surface area (Å²) in [5, 5.41) is 8.83. The van der Waals surface area contributed by atoms with E-state index in [1.807, 2.05) is 24.3 Å². The van der Waals surface area contributed by atoms with Crippen LogP contribution in [0.4, 0.5) is 4.39 Å². The molecular weight excluding hydrogens is 329 g/mol. The Morgan fingerprint density at radius 2 is 1.62 bits per heavy atom. The molecule has 0 N–H and O–H groups in total. The number of halogens is 1. The van der Waals surface area contributed by atoms with Crippen molar-refractivity contribution in [2.24, 2.45) is 0 Å². The zero-order chi connectivity index (χ0) is 18.4. The fraction of sp³-hybridized carbons (Fsp3) is 0. The Hall–Kier alpha value is -3.71. The number of hydrogen-bond donors (Lipinski definition) is 0. The van der Waals surface area contributed by atoms with Gasteiger partial charge in [0.15, 0.2) is 0 Å². The zero-order valence-corrected chi connectivity index (χ0v) is 13.7. The van der Waals surface area contributed by atoms with E-state index >= 15 is 0 Å². The van der Waals surface area contributed by atoms with Gasteiger partial charge < -0.3 is 4.74 Å². The van der Waals surface area contributed by atoms with Crippen molar-refractivity contribution in [2.75, 3.05) is 0 Å². The molecule has 3 aromatic rings. The lowest BCUT2D eigenvalue weighted by Crippen LogP contribution is -2.03. The molecule has 0 amide bonds. The first-order valence-electron chi connectivity index (χ1n) is 7.90. The van der Waals surface area contributed by atoms with Crippen molar-refractivity contribution < 1.29 is 13.9 Å². The van der Waals surface area contributed by atoms with E-state index in [9.17, 15) is 9.18 Å². The molecule has 0 bridgehead atoms. The second kappa shape index (κ2) is 7.91. The first kappa shape index (κ1) is 17.1. The normalized spacial score (nSPS) is 10.5. The molecule has 0 saturated carbocycles. The minimum atomic E-state index is -0.541. The zero-order valence-electron chi connectivity index (χ0n) is 13.7. The third kappa shape index (κ3) is 4.43. The Morgan fingerprint density at radius 3 is 2.23 bits per heavy atom. The fourth-order valence-corrected chi connectivity index (χ4v) is 2.38. The Kier molecular flexibility index (Phi) is 5.21. The lowest BCUT2D eigenvalue weighted by atomic mass is 10.0. The minimum Gasteiger partial charge on any atom is -0.423 e. The van der Waals surface area contributed by atoms with E-state index in [4.69, 9.17) is 10.00 Å². The second-order valence-corrected chi connectivity index (χ2v) is 5.52. The van der Waals surface area contributed by atoms with Gasteiger partial charge in [-0.05, 0) is 59.2 Å². The molecule has 0 fully saturated rings. The Balaban J connectivity index is 1.65. The van der Waals surface area contributed by atoms with Gasteiger partial charge in [-0.25, -0.2) is 9.18 Å². The number of nitriles is 1. The van der Waals surface area contributed by atoms with Crippen molar-refractivity contribution in [3.05, 3.63) is 95.8 Å². The monoisotopic (exact) mass is 343 g/mol. The van der Waals surface area contributed by atoms with Gasteiger partial charge in [0, 0.05) is 6.08 Å². The quantitative estimate of drug-likeness (QED) is 0.381. The van der Waals surface area contributed by atoms with E-state index in [1.54, 1.807) is 36.4 Å². The fourth-order valence-electron chi connectivity index (χ4n) is 2.38. The molecular formula is C22H14FNO2. The summed E-state index contributed by atoms with van der Waals surface area (Å²) in [5.74, 6) is -0.490. The largest absolute Gasteiger partial charge is 0.423 e. The summed E-state index contributed by atoms with van der Waals surface area (Å²) in [5.41, 5.74) is 3.10. The van der Waals surface area contributed by atoms with E-state index < -0.39 is 5.97 Å². The summed E-state index contributed by atoms with van der Waals surface area (Å²) in [7, 11) is 0. The molecule has 0 spiro atoms. The van der Waals surface area contributed by atoms with E-state index in [-0.39, 0.29) is 5.82 Å². The molecule has 0 atom stereocenters. The maximum absolute atomic E-state index is 13.1. The van der Waals surface area contributed by atoms with Crippen molar-refractivity contribution in [1.82, 2.24) is 0 Å². The standard InChI is InChI=1S/C22H14FNO2/c23-20-3-1-2-16(14-20)6-13-22(25)26-21-11-9-19(10-12-21)18-7-4-17(15-24)5-8-18/h1-14H/b13-6+. The number of carbonyl (C=O) groups excluding carboxylic acids is 1. The molecule has 0 heterocycles. The van der Waals surface area contributed by atoms with Gasteiger partial charge in [-0.2, -0.15) is 5.26 Å². The highest BCUT2D eigenvalue weighted by molar-refractivity contribution is 5.88. The van der Waals surface area contributed by atoms with Crippen LogP contribution in [0, 0.1) is 17.1 Å². The molecule has 0 aliphatic heterocycles. The lowest BCUT2D eigenvalue weighted by Gasteiger charge is -2.04. The molecule has 0 aromatic heterocycles. The average molecular weight is 343 g/mol. The average Bonchev–Trinajstić information content (AvgIpc) is 2.67. The molecule has 0 aliphatic carbocycles. The molecule has 26 heavy (non-hydrogen) atoms. The highest BCUT2D eigenvalue weighted by Gasteiger charge is 2.03. The van der Waals surface area contributed by atoms with E-state index in [0.29, 0.717) is 16.9 Å². The second-order valence-electron chi connectivity index (χ2n) is 5.52. The number of benzene rings is 3. The molecule has 0 saturated heterocycles. The van der Waals surface area contributed by atoms with Gasteiger partial charge in [0.05, 0.1) is 11.6 Å². The minimum absolute atomic E-state index is 0.362. The molecule has 0 unspecified atom stereocenters. The van der Waals surface area contributed by atoms with E-state index in [1.165, 1.54) is 24.3 Å². The van der Waals surface area contributed by atoms with E-state index in [0.717, 1.165) is 11.1 Å². The van der Waals surface area contributed by atoms with Gasteiger partial charge in [-0.15, -0.1) is 0 Å². The van der Waals surface area contributed by atoms with Crippen molar-refractivity contribution in [2.45, 2.75) is 0 Å². The van der Waals surface area contributed by atoms with Gasteiger partial charge >= 0.3 is 5.97 Å². The van der Waals surface area contributed by atoms with Crippen molar-refractivity contribution in [1.29, 1.82) is 5.26 Å². The first-order valence-corrected chi connectivity index (χ1v) is 7.90. The molecule has 3 rings (SSSR count). The van der Waals surface area contributed by atoms with Gasteiger partial charge in [-0.1, -0.05) is 36.4 Å². The number of nitrogens with zero attached hydrogens (tertiary/aromatic N) is 1. The van der Waals surface area contributed by atoms with Gasteiger partial charge in [0.2, 0.25) is 0 Å².